The molecule has 0 aliphatic heterocycles. The molecule has 0 radical (unpaired) electrons. The van der Waals surface area contributed by atoms with Crippen LogP contribution in [-0.4, -0.2) is 33.4 Å². The first-order valence-corrected chi connectivity index (χ1v) is 12.7. The Balaban J connectivity index is 1.78. The van der Waals surface area contributed by atoms with Crippen LogP contribution in [0.15, 0.2) is 59.6 Å². The highest BCUT2D eigenvalue weighted by Gasteiger charge is 2.24. The van der Waals surface area contributed by atoms with Gasteiger partial charge in [-0.3, -0.25) is 10.1 Å². The fourth-order valence-electron chi connectivity index (χ4n) is 3.50. The van der Waals surface area contributed by atoms with E-state index >= 15 is 0 Å². The summed E-state index contributed by atoms with van der Waals surface area (Å²) in [4.78, 5) is 17.8. The number of thioether (sulfide) groups is 1. The molecule has 0 saturated heterocycles. The average Bonchev–Trinajstić information content (AvgIpc) is 3.30. The van der Waals surface area contributed by atoms with Crippen LogP contribution in [-0.2, 0) is 4.79 Å². The molecule has 1 amide bonds. The van der Waals surface area contributed by atoms with Gasteiger partial charge >= 0.3 is 0 Å². The lowest BCUT2D eigenvalue weighted by atomic mass is 9.99. The van der Waals surface area contributed by atoms with Crippen LogP contribution in [0.4, 0.5) is 9.52 Å². The van der Waals surface area contributed by atoms with Crippen molar-refractivity contribution in [2.24, 2.45) is 0 Å². The van der Waals surface area contributed by atoms with Gasteiger partial charge in [0.1, 0.15) is 27.7 Å². The molecule has 2 heterocycles. The summed E-state index contributed by atoms with van der Waals surface area (Å²) in [7, 11) is 1.59. The van der Waals surface area contributed by atoms with Crippen LogP contribution in [0, 0.1) is 24.1 Å². The number of nitriles is 1. The monoisotopic (exact) mass is 519 g/mol. The van der Waals surface area contributed by atoms with Crippen LogP contribution < -0.4 is 10.1 Å². The zero-order valence-corrected chi connectivity index (χ0v) is 21.4. The van der Waals surface area contributed by atoms with E-state index in [0.717, 1.165) is 10.6 Å². The van der Waals surface area contributed by atoms with Crippen LogP contribution in [0.1, 0.15) is 23.9 Å². The largest absolute Gasteiger partial charge is 0.497 e. The van der Waals surface area contributed by atoms with E-state index in [4.69, 9.17) is 9.72 Å². The fourth-order valence-corrected chi connectivity index (χ4v) is 5.12. The Labute approximate surface area is 216 Å². The molecule has 4 aromatic rings. The summed E-state index contributed by atoms with van der Waals surface area (Å²) in [5.74, 6) is 0.0278. The van der Waals surface area contributed by atoms with Crippen LogP contribution in [0.2, 0.25) is 0 Å². The summed E-state index contributed by atoms with van der Waals surface area (Å²) in [5.41, 5.74) is 2.75. The van der Waals surface area contributed by atoms with Gasteiger partial charge in [-0.15, -0.1) is 10.2 Å². The Hall–Kier alpha value is -3.81. The predicted octanol–water partition coefficient (Wildman–Crippen LogP) is 6.10. The minimum absolute atomic E-state index is 0.258. The molecule has 182 valence electrons. The first kappa shape index (κ1) is 25.3. The number of carbonyl (C=O) groups is 1. The van der Waals surface area contributed by atoms with Gasteiger partial charge in [0.2, 0.25) is 11.0 Å². The van der Waals surface area contributed by atoms with E-state index in [1.807, 2.05) is 31.2 Å². The fraction of sp³-hybridized carbons (Fsp3) is 0.192. The van der Waals surface area contributed by atoms with Gasteiger partial charge in [0.25, 0.3) is 0 Å². The molecule has 4 rings (SSSR count). The van der Waals surface area contributed by atoms with Crippen molar-refractivity contribution < 1.29 is 13.9 Å². The van der Waals surface area contributed by atoms with E-state index in [1.165, 1.54) is 35.2 Å². The zero-order valence-electron chi connectivity index (χ0n) is 19.8. The Bertz CT molecular complexity index is 1430. The molecule has 1 N–H and O–H groups in total. The molecule has 0 aliphatic carbocycles. The summed E-state index contributed by atoms with van der Waals surface area (Å²) < 4.78 is 19.3. The maximum atomic E-state index is 14.1. The molecule has 10 heteroatoms. The van der Waals surface area contributed by atoms with Crippen molar-refractivity contribution >= 4 is 34.1 Å². The summed E-state index contributed by atoms with van der Waals surface area (Å²) in [6.45, 7) is 3.69. The van der Waals surface area contributed by atoms with E-state index in [0.29, 0.717) is 39.1 Å². The number of methoxy groups -OCH3 is 1. The van der Waals surface area contributed by atoms with Gasteiger partial charge < -0.3 is 4.74 Å². The predicted molar refractivity (Wildman–Crippen MR) is 140 cm³/mol. The minimum Gasteiger partial charge on any atom is -0.497 e. The summed E-state index contributed by atoms with van der Waals surface area (Å²) in [6.07, 6.45) is 0.489. The zero-order chi connectivity index (χ0) is 25.7. The number of hydrogen-bond donors (Lipinski definition) is 1. The summed E-state index contributed by atoms with van der Waals surface area (Å²) in [6, 6.07) is 17.4. The second kappa shape index (κ2) is 11.3. The number of halogens is 1. The Morgan fingerprint density at radius 2 is 1.97 bits per heavy atom. The lowest BCUT2D eigenvalue weighted by molar-refractivity contribution is -0.115. The number of ether oxygens (including phenoxy) is 1. The molecule has 0 spiro atoms. The van der Waals surface area contributed by atoms with Crippen molar-refractivity contribution in [3.8, 4) is 34.2 Å². The number of aromatic nitrogens is 3. The normalized spacial score (nSPS) is 11.5. The third-order valence-corrected chi connectivity index (χ3v) is 7.40. The first-order chi connectivity index (χ1) is 17.4. The third kappa shape index (κ3) is 5.70. The van der Waals surface area contributed by atoms with E-state index in [1.54, 1.807) is 32.2 Å². The van der Waals surface area contributed by atoms with Gasteiger partial charge in [0.05, 0.1) is 23.6 Å². The number of benzene rings is 2. The number of pyridine rings is 1. The highest BCUT2D eigenvalue weighted by atomic mass is 32.2. The molecule has 2 aromatic heterocycles. The van der Waals surface area contributed by atoms with Gasteiger partial charge in [-0.25, -0.2) is 9.37 Å². The van der Waals surface area contributed by atoms with Crippen molar-refractivity contribution in [1.82, 2.24) is 15.2 Å². The quantitative estimate of drug-likeness (QED) is 0.281. The number of aryl methyl sites for hydroxylation is 1. The number of hydrogen-bond acceptors (Lipinski definition) is 8. The molecule has 0 saturated carbocycles. The molecular weight excluding hydrogens is 497 g/mol. The number of nitrogens with one attached hydrogen (secondary N) is 1. The molecule has 2 aromatic carbocycles. The van der Waals surface area contributed by atoms with E-state index in [-0.39, 0.29) is 11.5 Å². The van der Waals surface area contributed by atoms with Gasteiger partial charge in [-0.1, -0.05) is 42.2 Å². The van der Waals surface area contributed by atoms with E-state index < -0.39 is 11.1 Å². The maximum absolute atomic E-state index is 14.1. The lowest BCUT2D eigenvalue weighted by Crippen LogP contribution is -2.24. The number of rotatable bonds is 8. The highest BCUT2D eigenvalue weighted by molar-refractivity contribution is 8.00. The van der Waals surface area contributed by atoms with Crippen LogP contribution in [0.5, 0.6) is 5.75 Å². The van der Waals surface area contributed by atoms with Crippen LogP contribution in [0.3, 0.4) is 0 Å². The topological polar surface area (TPSA) is 101 Å². The smallest absolute Gasteiger partial charge is 0.239 e. The minimum atomic E-state index is -0.541. The Morgan fingerprint density at radius 1 is 1.19 bits per heavy atom. The molecular formula is C26H22FN5O2S2. The van der Waals surface area contributed by atoms with Crippen molar-refractivity contribution in [3.05, 3.63) is 71.0 Å². The molecule has 0 aliphatic rings. The van der Waals surface area contributed by atoms with Gasteiger partial charge in [0.15, 0.2) is 0 Å². The summed E-state index contributed by atoms with van der Waals surface area (Å²) in [5, 5.41) is 21.8. The first-order valence-electron chi connectivity index (χ1n) is 11.0. The standard InChI is InChI=1S/C26H22FN5O2S2/c1-4-23(24(33)30-26-32-31-15(2)35-26)36-25-21(14-28)20(17-6-5-7-18(27)12-17)13-22(29-25)16-8-10-19(34-3)11-9-16/h5-13,23H,4H2,1-3H3,(H,30,32,33). The second-order valence-electron chi connectivity index (χ2n) is 7.72. The van der Waals surface area contributed by atoms with Crippen molar-refractivity contribution in [1.29, 1.82) is 5.26 Å². The van der Waals surface area contributed by atoms with Crippen LogP contribution >= 0.6 is 23.1 Å². The van der Waals surface area contributed by atoms with E-state index in [9.17, 15) is 14.4 Å². The van der Waals surface area contributed by atoms with Gasteiger partial charge in [-0.05, 0) is 61.4 Å². The number of nitrogens with zero attached hydrogens (tertiary/aromatic N) is 4. The number of anilines is 1. The lowest BCUT2D eigenvalue weighted by Gasteiger charge is -2.17. The molecule has 7 nitrogen and oxygen atoms in total. The maximum Gasteiger partial charge on any atom is 0.239 e. The van der Waals surface area contributed by atoms with Crippen molar-refractivity contribution in [2.45, 2.75) is 30.5 Å². The molecule has 36 heavy (non-hydrogen) atoms. The van der Waals surface area contributed by atoms with Crippen molar-refractivity contribution in [3.63, 3.8) is 0 Å². The van der Waals surface area contributed by atoms with E-state index in [2.05, 4.69) is 21.6 Å². The SMILES string of the molecule is CCC(Sc1nc(-c2ccc(OC)cc2)cc(-c2cccc(F)c2)c1C#N)C(=O)Nc1nnc(C)s1. The molecule has 0 bridgehead atoms. The van der Waals surface area contributed by atoms with Gasteiger partial charge in [0, 0.05) is 11.1 Å². The molecule has 0 fully saturated rings. The average molecular weight is 520 g/mol. The van der Waals surface area contributed by atoms with Gasteiger partial charge in [-0.2, -0.15) is 5.26 Å². The highest BCUT2D eigenvalue weighted by Crippen LogP contribution is 2.37. The third-order valence-electron chi connectivity index (χ3n) is 5.29. The van der Waals surface area contributed by atoms with Crippen molar-refractivity contribution in [2.75, 3.05) is 12.4 Å². The number of amides is 1. The number of carbonyl (C=O) groups excluding carboxylic acids is 1. The second-order valence-corrected chi connectivity index (χ2v) is 10.1. The Morgan fingerprint density at radius 3 is 2.58 bits per heavy atom. The molecule has 1 unspecified atom stereocenters. The molecule has 1 atom stereocenters. The van der Waals surface area contributed by atoms with Crippen LogP contribution in [0.25, 0.3) is 22.4 Å². The summed E-state index contributed by atoms with van der Waals surface area (Å²) >= 11 is 2.48. The Kier molecular flexibility index (Phi) is 7.93.